The Hall–Kier alpha value is -0.860. The summed E-state index contributed by atoms with van der Waals surface area (Å²) in [6.07, 6.45) is 3.41. The summed E-state index contributed by atoms with van der Waals surface area (Å²) in [5, 5.41) is 0.823. The highest BCUT2D eigenvalue weighted by Gasteiger charge is 2.26. The zero-order valence-corrected chi connectivity index (χ0v) is 11.8. The number of hydrogen-bond donors (Lipinski definition) is 0. The smallest absolute Gasteiger partial charge is 0.133 e. The predicted octanol–water partition coefficient (Wildman–Crippen LogP) is 3.84. The summed E-state index contributed by atoms with van der Waals surface area (Å²) < 4.78 is 0. The van der Waals surface area contributed by atoms with Crippen LogP contribution < -0.4 is 0 Å². The van der Waals surface area contributed by atoms with Crippen molar-refractivity contribution in [1.29, 1.82) is 0 Å². The maximum Gasteiger partial charge on any atom is 0.133 e. The van der Waals surface area contributed by atoms with E-state index in [1.54, 1.807) is 0 Å². The molecule has 1 aromatic rings. The van der Waals surface area contributed by atoms with Gasteiger partial charge in [-0.05, 0) is 38.4 Å². The third kappa shape index (κ3) is 2.93. The number of benzene rings is 1. The van der Waals surface area contributed by atoms with Gasteiger partial charge in [-0.1, -0.05) is 29.8 Å². The third-order valence-electron chi connectivity index (χ3n) is 4.05. The molecule has 0 spiro atoms. The average molecular weight is 266 g/mol. The quantitative estimate of drug-likeness (QED) is 0.828. The van der Waals surface area contributed by atoms with Crippen LogP contribution in [0.1, 0.15) is 44.2 Å². The van der Waals surface area contributed by atoms with Gasteiger partial charge in [-0.25, -0.2) is 0 Å². The van der Waals surface area contributed by atoms with Gasteiger partial charge in [0.25, 0.3) is 0 Å². The second-order valence-corrected chi connectivity index (χ2v) is 5.54. The van der Waals surface area contributed by atoms with Crippen molar-refractivity contribution in [2.45, 2.75) is 44.7 Å². The van der Waals surface area contributed by atoms with Crippen LogP contribution in [-0.2, 0) is 4.79 Å². The van der Waals surface area contributed by atoms with Crippen LogP contribution in [0.15, 0.2) is 24.3 Å². The zero-order chi connectivity index (χ0) is 13.1. The van der Waals surface area contributed by atoms with Gasteiger partial charge in [0.2, 0.25) is 0 Å². The van der Waals surface area contributed by atoms with Gasteiger partial charge >= 0.3 is 0 Å². The van der Waals surface area contributed by atoms with Crippen LogP contribution in [0.5, 0.6) is 0 Å². The van der Waals surface area contributed by atoms with Gasteiger partial charge in [-0.15, -0.1) is 0 Å². The number of carbonyl (C=O) groups is 1. The molecule has 0 aromatic heterocycles. The lowest BCUT2D eigenvalue weighted by Gasteiger charge is -2.35. The second-order valence-electron chi connectivity index (χ2n) is 5.13. The molecule has 0 saturated heterocycles. The van der Waals surface area contributed by atoms with E-state index in [9.17, 15) is 4.79 Å². The lowest BCUT2D eigenvalue weighted by atomic mass is 9.92. The number of halogens is 1. The molecule has 0 radical (unpaired) electrons. The van der Waals surface area contributed by atoms with E-state index >= 15 is 0 Å². The molecular formula is C15H20ClNO. The first-order chi connectivity index (χ1) is 8.59. The Bertz CT molecular complexity index is 422. The largest absolute Gasteiger partial charge is 0.300 e. The Labute approximate surface area is 114 Å². The van der Waals surface area contributed by atoms with Gasteiger partial charge in [0.1, 0.15) is 5.78 Å². The molecule has 0 N–H and O–H groups in total. The van der Waals surface area contributed by atoms with Crippen molar-refractivity contribution in [3.63, 3.8) is 0 Å². The van der Waals surface area contributed by atoms with Crippen molar-refractivity contribution in [2.75, 3.05) is 7.05 Å². The first-order valence-corrected chi connectivity index (χ1v) is 6.95. The number of nitrogens with zero attached hydrogens (tertiary/aromatic N) is 1. The van der Waals surface area contributed by atoms with Crippen molar-refractivity contribution < 1.29 is 4.79 Å². The first-order valence-electron chi connectivity index (χ1n) is 6.57. The molecule has 3 heteroatoms. The van der Waals surface area contributed by atoms with E-state index in [4.69, 9.17) is 11.6 Å². The van der Waals surface area contributed by atoms with Gasteiger partial charge in [0, 0.05) is 29.9 Å². The van der Waals surface area contributed by atoms with Crippen LogP contribution in [0.25, 0.3) is 0 Å². The van der Waals surface area contributed by atoms with Gasteiger partial charge in [0.15, 0.2) is 0 Å². The van der Waals surface area contributed by atoms with Gasteiger partial charge in [-0.2, -0.15) is 0 Å². The number of ketones is 1. The molecule has 2 nitrogen and oxygen atoms in total. The van der Waals surface area contributed by atoms with Gasteiger partial charge in [-0.3, -0.25) is 9.69 Å². The highest BCUT2D eigenvalue weighted by Crippen LogP contribution is 2.30. The Morgan fingerprint density at radius 3 is 2.50 bits per heavy atom. The van der Waals surface area contributed by atoms with E-state index < -0.39 is 0 Å². The number of carbonyl (C=O) groups excluding carboxylic acids is 1. The van der Waals surface area contributed by atoms with Crippen molar-refractivity contribution in [1.82, 2.24) is 4.90 Å². The maximum absolute atomic E-state index is 11.3. The summed E-state index contributed by atoms with van der Waals surface area (Å²) >= 11 is 6.24. The predicted molar refractivity (Wildman–Crippen MR) is 74.9 cm³/mol. The molecule has 1 aliphatic rings. The topological polar surface area (TPSA) is 20.3 Å². The fraction of sp³-hybridized carbons (Fsp3) is 0.533. The van der Waals surface area contributed by atoms with Crippen molar-refractivity contribution in [3.8, 4) is 0 Å². The van der Waals surface area contributed by atoms with Crippen molar-refractivity contribution in [3.05, 3.63) is 34.9 Å². The van der Waals surface area contributed by atoms with E-state index in [-0.39, 0.29) is 6.04 Å². The van der Waals surface area contributed by atoms with Gasteiger partial charge < -0.3 is 0 Å². The van der Waals surface area contributed by atoms with E-state index in [1.165, 1.54) is 5.56 Å². The number of rotatable bonds is 3. The summed E-state index contributed by atoms with van der Waals surface area (Å²) in [5.74, 6) is 0.407. The molecule has 0 bridgehead atoms. The van der Waals surface area contributed by atoms with Crippen LogP contribution in [0.2, 0.25) is 5.02 Å². The molecule has 2 rings (SSSR count). The Kier molecular flexibility index (Phi) is 4.41. The normalized spacial score (nSPS) is 19.2. The summed E-state index contributed by atoms with van der Waals surface area (Å²) in [5.41, 5.74) is 1.17. The fourth-order valence-electron chi connectivity index (χ4n) is 2.68. The van der Waals surface area contributed by atoms with Gasteiger partial charge in [0.05, 0.1) is 0 Å². The molecular weight excluding hydrogens is 246 g/mol. The lowest BCUT2D eigenvalue weighted by molar-refractivity contribution is -0.121. The Morgan fingerprint density at radius 1 is 1.28 bits per heavy atom. The molecule has 1 fully saturated rings. The van der Waals surface area contributed by atoms with Crippen LogP contribution >= 0.6 is 11.6 Å². The van der Waals surface area contributed by atoms with E-state index in [1.807, 2.05) is 18.2 Å². The molecule has 98 valence electrons. The Morgan fingerprint density at radius 2 is 1.89 bits per heavy atom. The summed E-state index contributed by atoms with van der Waals surface area (Å²) in [6, 6.07) is 8.78. The molecule has 1 aliphatic carbocycles. The van der Waals surface area contributed by atoms with E-state index in [0.717, 1.165) is 30.7 Å². The lowest BCUT2D eigenvalue weighted by Crippen LogP contribution is -2.37. The summed E-state index contributed by atoms with van der Waals surface area (Å²) in [7, 11) is 2.13. The monoisotopic (exact) mass is 265 g/mol. The summed E-state index contributed by atoms with van der Waals surface area (Å²) in [6.45, 7) is 2.18. The highest BCUT2D eigenvalue weighted by atomic mass is 35.5. The molecule has 1 atom stereocenters. The van der Waals surface area contributed by atoms with Crippen molar-refractivity contribution >= 4 is 17.4 Å². The molecule has 0 amide bonds. The van der Waals surface area contributed by atoms with Crippen LogP contribution in [0.4, 0.5) is 0 Å². The van der Waals surface area contributed by atoms with E-state index in [0.29, 0.717) is 11.8 Å². The molecule has 1 saturated carbocycles. The van der Waals surface area contributed by atoms with Crippen molar-refractivity contribution in [2.24, 2.45) is 0 Å². The number of hydrogen-bond acceptors (Lipinski definition) is 2. The first kappa shape index (κ1) is 13.6. The molecule has 18 heavy (non-hydrogen) atoms. The zero-order valence-electron chi connectivity index (χ0n) is 11.0. The fourth-order valence-corrected chi connectivity index (χ4v) is 2.97. The summed E-state index contributed by atoms with van der Waals surface area (Å²) in [4.78, 5) is 13.6. The minimum absolute atomic E-state index is 0.289. The van der Waals surface area contributed by atoms with Crippen LogP contribution in [0.3, 0.4) is 0 Å². The van der Waals surface area contributed by atoms with Crippen LogP contribution in [0, 0.1) is 0 Å². The number of Topliss-reactive ketones (excluding diaryl/α,β-unsaturated/α-hetero) is 1. The minimum Gasteiger partial charge on any atom is -0.300 e. The molecule has 1 unspecified atom stereocenters. The Balaban J connectivity index is 2.07. The highest BCUT2D eigenvalue weighted by molar-refractivity contribution is 6.31. The molecule has 0 aliphatic heterocycles. The third-order valence-corrected chi connectivity index (χ3v) is 4.40. The average Bonchev–Trinajstić information content (AvgIpc) is 2.38. The standard InChI is InChI=1S/C15H20ClNO/c1-11(14-5-3-4-6-15(14)16)17(2)12-7-9-13(18)10-8-12/h3-6,11-12H,7-10H2,1-2H3. The minimum atomic E-state index is 0.289. The maximum atomic E-state index is 11.3. The van der Waals surface area contributed by atoms with Crippen LogP contribution in [-0.4, -0.2) is 23.8 Å². The molecule has 1 aromatic carbocycles. The molecule has 0 heterocycles. The SMILES string of the molecule is CC(c1ccccc1Cl)N(C)C1CCC(=O)CC1. The van der Waals surface area contributed by atoms with E-state index in [2.05, 4.69) is 24.9 Å². The second kappa shape index (κ2) is 5.85.